The quantitative estimate of drug-likeness (QED) is 0.151. The highest BCUT2D eigenvalue weighted by Gasteiger charge is 2.72. The standard InChI is InChI=1S/C50H60O6/c1-30-13-15-34(16-14-30)37-21-27-39(28-22-37)49(52)55-46-31(2)43-44(41-29-42(41)54-48(51)38-23-17-35(18-24-38)32-9-5-3-6-10-32)47(45(43)46)56-50(53)40-25-19-36(20-26-40)33-11-7-4-8-12-33/h17-28,30-34,41-47H,3-16,29H2,1-2H3/t30?,31?,34?,41?,42-,43?,44?,45?,46?,47?/m1/s1. The molecular weight excluding hydrogens is 697 g/mol. The van der Waals surface area contributed by atoms with Crippen LogP contribution in [0.1, 0.15) is 176 Å². The van der Waals surface area contributed by atoms with Crippen molar-refractivity contribution in [3.8, 4) is 0 Å². The van der Waals surface area contributed by atoms with Crippen molar-refractivity contribution in [3.63, 3.8) is 0 Å². The van der Waals surface area contributed by atoms with Gasteiger partial charge < -0.3 is 14.2 Å². The summed E-state index contributed by atoms with van der Waals surface area (Å²) in [7, 11) is 0. The van der Waals surface area contributed by atoms with Crippen LogP contribution in [0.15, 0.2) is 72.8 Å². The third-order valence-electron chi connectivity index (χ3n) is 15.2. The molecule has 296 valence electrons. The molecule has 3 aromatic rings. The third kappa shape index (κ3) is 7.59. The Hall–Kier alpha value is -3.93. The van der Waals surface area contributed by atoms with E-state index < -0.39 is 6.10 Å². The van der Waals surface area contributed by atoms with Crippen LogP contribution in [0.4, 0.5) is 0 Å². The summed E-state index contributed by atoms with van der Waals surface area (Å²) in [5.74, 6) is 2.02. The Bertz CT molecular complexity index is 1840. The van der Waals surface area contributed by atoms with Crippen molar-refractivity contribution in [2.45, 2.75) is 146 Å². The van der Waals surface area contributed by atoms with Crippen molar-refractivity contribution in [1.82, 2.24) is 0 Å². The monoisotopic (exact) mass is 756 g/mol. The van der Waals surface area contributed by atoms with Crippen molar-refractivity contribution in [3.05, 3.63) is 106 Å². The van der Waals surface area contributed by atoms with Gasteiger partial charge in [-0.05, 0) is 134 Å². The molecule has 0 saturated heterocycles. The van der Waals surface area contributed by atoms with Gasteiger partial charge in [0.1, 0.15) is 18.3 Å². The Morgan fingerprint density at radius 2 is 0.857 bits per heavy atom. The van der Waals surface area contributed by atoms with E-state index in [4.69, 9.17) is 14.2 Å². The second kappa shape index (κ2) is 16.1. The number of ether oxygens (including phenoxy) is 3. The van der Waals surface area contributed by atoms with Gasteiger partial charge in [-0.3, -0.25) is 0 Å². The van der Waals surface area contributed by atoms with Crippen LogP contribution >= 0.6 is 0 Å². The molecule has 7 unspecified atom stereocenters. The second-order valence-corrected chi connectivity index (χ2v) is 18.7. The molecule has 0 heterocycles. The maximum atomic E-state index is 13.8. The zero-order chi connectivity index (χ0) is 38.3. The number of rotatable bonds is 10. The van der Waals surface area contributed by atoms with E-state index in [0.717, 1.165) is 12.3 Å². The topological polar surface area (TPSA) is 78.9 Å². The first-order valence-electron chi connectivity index (χ1n) is 22.2. The second-order valence-electron chi connectivity index (χ2n) is 18.7. The van der Waals surface area contributed by atoms with Crippen molar-refractivity contribution in [2.75, 3.05) is 0 Å². The zero-order valence-corrected chi connectivity index (χ0v) is 33.4. The summed E-state index contributed by atoms with van der Waals surface area (Å²) < 4.78 is 18.8. The zero-order valence-electron chi connectivity index (χ0n) is 33.4. The van der Waals surface area contributed by atoms with Crippen molar-refractivity contribution >= 4 is 17.9 Å². The van der Waals surface area contributed by atoms with Gasteiger partial charge in [0.05, 0.1) is 16.7 Å². The summed E-state index contributed by atoms with van der Waals surface area (Å²) in [5, 5.41) is 0. The maximum absolute atomic E-state index is 13.8. The van der Waals surface area contributed by atoms with Gasteiger partial charge in [-0.15, -0.1) is 0 Å². The number of benzene rings is 3. The van der Waals surface area contributed by atoms with E-state index >= 15 is 0 Å². The maximum Gasteiger partial charge on any atom is 0.338 e. The van der Waals surface area contributed by atoms with Crippen LogP contribution in [0.5, 0.6) is 0 Å². The van der Waals surface area contributed by atoms with E-state index in [1.165, 1.54) is 107 Å². The molecule has 6 nitrogen and oxygen atoms in total. The highest BCUT2D eigenvalue weighted by molar-refractivity contribution is 5.91. The molecule has 9 rings (SSSR count). The Kier molecular flexibility index (Phi) is 10.8. The van der Waals surface area contributed by atoms with Crippen LogP contribution in [0, 0.1) is 35.5 Å². The van der Waals surface area contributed by atoms with Crippen molar-refractivity contribution in [1.29, 1.82) is 0 Å². The molecule has 56 heavy (non-hydrogen) atoms. The van der Waals surface area contributed by atoms with Crippen molar-refractivity contribution in [2.24, 2.45) is 35.5 Å². The SMILES string of the molecule is CC1CCC(c2ccc(C(=O)OC3C(C)C4C3C(OC(=O)c3ccc(C5CCCCC5)cc3)C4C3C[C@H]3OC(=O)c3ccc(C4CCCCC4)cc3)cc2)CC1. The Balaban J connectivity index is 0.868. The smallest absolute Gasteiger partial charge is 0.338 e. The van der Waals surface area contributed by atoms with E-state index in [9.17, 15) is 14.4 Å². The van der Waals surface area contributed by atoms with E-state index in [0.29, 0.717) is 34.4 Å². The molecule has 0 aromatic heterocycles. The first-order valence-corrected chi connectivity index (χ1v) is 22.2. The lowest BCUT2D eigenvalue weighted by molar-refractivity contribution is -0.264. The molecule has 0 bridgehead atoms. The first kappa shape index (κ1) is 37.6. The number of fused-ring (bicyclic) bond motifs is 1. The molecular formula is C50H60O6. The molecule has 8 atom stereocenters. The Labute approximate surface area is 333 Å². The Morgan fingerprint density at radius 3 is 1.32 bits per heavy atom. The predicted octanol–water partition coefficient (Wildman–Crippen LogP) is 11.6. The average molecular weight is 757 g/mol. The number of esters is 3. The summed E-state index contributed by atoms with van der Waals surface area (Å²) in [6, 6.07) is 24.1. The number of carbonyl (C=O) groups is 3. The predicted molar refractivity (Wildman–Crippen MR) is 217 cm³/mol. The molecule has 0 radical (unpaired) electrons. The molecule has 6 heteroatoms. The molecule has 0 N–H and O–H groups in total. The molecule has 6 aliphatic carbocycles. The molecule has 0 spiro atoms. The summed E-state index contributed by atoms with van der Waals surface area (Å²) in [4.78, 5) is 40.7. The van der Waals surface area contributed by atoms with Gasteiger partial charge in [0.25, 0.3) is 0 Å². The van der Waals surface area contributed by atoms with Gasteiger partial charge in [-0.2, -0.15) is 0 Å². The van der Waals surface area contributed by atoms with Crippen LogP contribution in [-0.2, 0) is 14.2 Å². The van der Waals surface area contributed by atoms with Crippen LogP contribution in [0.2, 0.25) is 0 Å². The summed E-state index contributed by atoms with van der Waals surface area (Å²) >= 11 is 0. The van der Waals surface area contributed by atoms with Gasteiger partial charge in [0.15, 0.2) is 0 Å². The number of carbonyl (C=O) groups excluding carboxylic acids is 3. The lowest BCUT2D eigenvalue weighted by Gasteiger charge is -2.65. The van der Waals surface area contributed by atoms with Crippen molar-refractivity contribution < 1.29 is 28.6 Å². The molecule has 0 aliphatic heterocycles. The fourth-order valence-electron chi connectivity index (χ4n) is 11.7. The minimum Gasteiger partial charge on any atom is -0.458 e. The molecule has 3 aromatic carbocycles. The van der Waals surface area contributed by atoms with Gasteiger partial charge in [-0.25, -0.2) is 14.4 Å². The molecule has 6 fully saturated rings. The fraction of sp³-hybridized carbons (Fsp3) is 0.580. The number of hydrogen-bond acceptors (Lipinski definition) is 6. The minimum atomic E-state index is -0.404. The number of hydrogen-bond donors (Lipinski definition) is 0. The van der Waals surface area contributed by atoms with Gasteiger partial charge in [0.2, 0.25) is 0 Å². The summed E-state index contributed by atoms with van der Waals surface area (Å²) in [6.45, 7) is 4.49. The minimum absolute atomic E-state index is 0.0550. The lowest BCUT2D eigenvalue weighted by atomic mass is 9.43. The average Bonchev–Trinajstić information content (AvgIpc) is 4.00. The van der Waals surface area contributed by atoms with E-state index in [2.05, 4.69) is 50.2 Å². The summed E-state index contributed by atoms with van der Waals surface area (Å²) in [5.41, 5.74) is 5.64. The van der Waals surface area contributed by atoms with Crippen LogP contribution in [0.3, 0.4) is 0 Å². The largest absolute Gasteiger partial charge is 0.458 e. The van der Waals surface area contributed by atoms with Crippen LogP contribution < -0.4 is 0 Å². The van der Waals surface area contributed by atoms with Crippen LogP contribution in [0.25, 0.3) is 0 Å². The highest BCUT2D eigenvalue weighted by Crippen LogP contribution is 2.66. The van der Waals surface area contributed by atoms with Gasteiger partial charge in [-0.1, -0.05) is 102 Å². The molecule has 6 saturated carbocycles. The highest BCUT2D eigenvalue weighted by atomic mass is 16.6. The van der Waals surface area contributed by atoms with Gasteiger partial charge in [0, 0.05) is 17.8 Å². The van der Waals surface area contributed by atoms with E-state index in [1.54, 1.807) is 0 Å². The van der Waals surface area contributed by atoms with E-state index in [-0.39, 0.29) is 59.7 Å². The van der Waals surface area contributed by atoms with Crippen LogP contribution in [-0.4, -0.2) is 36.2 Å². The summed E-state index contributed by atoms with van der Waals surface area (Å²) in [6.07, 6.45) is 17.3. The fourth-order valence-corrected chi connectivity index (χ4v) is 11.7. The first-order chi connectivity index (χ1) is 27.3. The molecule has 6 aliphatic rings. The molecule has 0 amide bonds. The van der Waals surface area contributed by atoms with Gasteiger partial charge >= 0.3 is 17.9 Å². The third-order valence-corrected chi connectivity index (χ3v) is 15.2. The van der Waals surface area contributed by atoms with E-state index in [1.807, 2.05) is 36.4 Å². The normalized spacial score (nSPS) is 32.9. The lowest BCUT2D eigenvalue weighted by Crippen LogP contribution is -2.72. The Morgan fingerprint density at radius 1 is 0.446 bits per heavy atom.